The fourth-order valence-corrected chi connectivity index (χ4v) is 2.92. The van der Waals surface area contributed by atoms with Gasteiger partial charge in [-0.05, 0) is 23.8 Å². The second-order valence-corrected chi connectivity index (χ2v) is 6.44. The van der Waals surface area contributed by atoms with Crippen molar-refractivity contribution in [2.75, 3.05) is 14.2 Å². The standard InChI is InChI=1S/C19H16Cl2N2O3/c1-23(11-12-6-5-8-14(20)18(12)21)19(24)15-10-17(26-22-15)13-7-3-4-9-16(13)25-2/h3-10H,11H2,1-2H3. The van der Waals surface area contributed by atoms with E-state index in [2.05, 4.69) is 5.16 Å². The molecule has 134 valence electrons. The molecule has 0 aliphatic rings. The zero-order valence-electron chi connectivity index (χ0n) is 14.2. The van der Waals surface area contributed by atoms with Gasteiger partial charge in [0.2, 0.25) is 0 Å². The molecule has 26 heavy (non-hydrogen) atoms. The molecule has 0 aliphatic carbocycles. The van der Waals surface area contributed by atoms with E-state index in [9.17, 15) is 4.79 Å². The van der Waals surface area contributed by atoms with E-state index in [1.807, 2.05) is 30.3 Å². The number of halogens is 2. The molecule has 0 saturated carbocycles. The molecule has 7 heteroatoms. The van der Waals surface area contributed by atoms with Gasteiger partial charge in [0.1, 0.15) is 5.75 Å². The van der Waals surface area contributed by atoms with Gasteiger partial charge in [0.15, 0.2) is 11.5 Å². The maximum absolute atomic E-state index is 12.6. The molecule has 0 unspecified atom stereocenters. The fraction of sp³-hybridized carbons (Fsp3) is 0.158. The summed E-state index contributed by atoms with van der Waals surface area (Å²) >= 11 is 12.2. The van der Waals surface area contributed by atoms with Crippen LogP contribution < -0.4 is 4.74 Å². The van der Waals surface area contributed by atoms with Gasteiger partial charge in [-0.2, -0.15) is 0 Å². The SMILES string of the molecule is COc1ccccc1-c1cc(C(=O)N(C)Cc2cccc(Cl)c2Cl)no1. The smallest absolute Gasteiger partial charge is 0.276 e. The van der Waals surface area contributed by atoms with Crippen LogP contribution in [0.15, 0.2) is 53.1 Å². The number of carbonyl (C=O) groups excluding carboxylic acids is 1. The lowest BCUT2D eigenvalue weighted by Crippen LogP contribution is -2.26. The lowest BCUT2D eigenvalue weighted by Gasteiger charge is -2.16. The highest BCUT2D eigenvalue weighted by atomic mass is 35.5. The van der Waals surface area contributed by atoms with Gasteiger partial charge in [0.25, 0.3) is 5.91 Å². The van der Waals surface area contributed by atoms with Crippen LogP contribution in [0.2, 0.25) is 10.0 Å². The number of nitrogens with zero attached hydrogens (tertiary/aromatic N) is 2. The maximum Gasteiger partial charge on any atom is 0.276 e. The van der Waals surface area contributed by atoms with Gasteiger partial charge in [-0.3, -0.25) is 4.79 Å². The molecule has 0 atom stereocenters. The monoisotopic (exact) mass is 390 g/mol. The van der Waals surface area contributed by atoms with E-state index < -0.39 is 0 Å². The Balaban J connectivity index is 1.80. The number of methoxy groups -OCH3 is 1. The van der Waals surface area contributed by atoms with Crippen LogP contribution in [0.1, 0.15) is 16.1 Å². The molecule has 0 fully saturated rings. The molecule has 0 radical (unpaired) electrons. The largest absolute Gasteiger partial charge is 0.496 e. The van der Waals surface area contributed by atoms with Gasteiger partial charge in [-0.1, -0.05) is 52.6 Å². The van der Waals surface area contributed by atoms with Crippen LogP contribution in [0.5, 0.6) is 5.75 Å². The topological polar surface area (TPSA) is 55.6 Å². The van der Waals surface area contributed by atoms with Crippen LogP contribution in [-0.2, 0) is 6.54 Å². The molecule has 0 aliphatic heterocycles. The van der Waals surface area contributed by atoms with Gasteiger partial charge in [-0.15, -0.1) is 0 Å². The summed E-state index contributed by atoms with van der Waals surface area (Å²) in [5.74, 6) is 0.813. The van der Waals surface area contributed by atoms with E-state index >= 15 is 0 Å². The van der Waals surface area contributed by atoms with Crippen molar-refractivity contribution in [1.29, 1.82) is 0 Å². The zero-order chi connectivity index (χ0) is 18.7. The van der Waals surface area contributed by atoms with E-state index in [4.69, 9.17) is 32.5 Å². The molecular weight excluding hydrogens is 375 g/mol. The van der Waals surface area contributed by atoms with Gasteiger partial charge < -0.3 is 14.2 Å². The minimum Gasteiger partial charge on any atom is -0.496 e. The van der Waals surface area contributed by atoms with E-state index in [1.54, 1.807) is 32.4 Å². The lowest BCUT2D eigenvalue weighted by atomic mass is 10.1. The summed E-state index contributed by atoms with van der Waals surface area (Å²) in [6, 6.07) is 14.3. The van der Waals surface area contributed by atoms with E-state index in [0.717, 1.165) is 11.1 Å². The predicted molar refractivity (Wildman–Crippen MR) is 101 cm³/mol. The van der Waals surface area contributed by atoms with Crippen LogP contribution in [-0.4, -0.2) is 30.1 Å². The number of aromatic nitrogens is 1. The molecule has 0 N–H and O–H groups in total. The highest BCUT2D eigenvalue weighted by Crippen LogP contribution is 2.30. The Bertz CT molecular complexity index is 940. The van der Waals surface area contributed by atoms with Crippen molar-refractivity contribution in [2.24, 2.45) is 0 Å². The Morgan fingerprint density at radius 2 is 1.96 bits per heavy atom. The summed E-state index contributed by atoms with van der Waals surface area (Å²) in [6.07, 6.45) is 0. The minimum atomic E-state index is -0.286. The third kappa shape index (κ3) is 3.69. The highest BCUT2D eigenvalue weighted by molar-refractivity contribution is 6.42. The van der Waals surface area contributed by atoms with Crippen molar-refractivity contribution in [3.8, 4) is 17.1 Å². The minimum absolute atomic E-state index is 0.201. The number of para-hydroxylation sites is 1. The normalized spacial score (nSPS) is 10.6. The second-order valence-electron chi connectivity index (χ2n) is 5.65. The summed E-state index contributed by atoms with van der Waals surface area (Å²) in [7, 11) is 3.24. The first-order valence-electron chi connectivity index (χ1n) is 7.79. The number of carbonyl (C=O) groups is 1. The second kappa shape index (κ2) is 7.81. The number of hydrogen-bond donors (Lipinski definition) is 0. The number of amides is 1. The molecule has 0 spiro atoms. The molecular formula is C19H16Cl2N2O3. The lowest BCUT2D eigenvalue weighted by molar-refractivity contribution is 0.0775. The Kier molecular flexibility index (Phi) is 5.49. The first kappa shape index (κ1) is 18.3. The average molecular weight is 391 g/mol. The van der Waals surface area contributed by atoms with Gasteiger partial charge >= 0.3 is 0 Å². The summed E-state index contributed by atoms with van der Waals surface area (Å²) in [5.41, 5.74) is 1.68. The third-order valence-electron chi connectivity index (χ3n) is 3.89. The predicted octanol–water partition coefficient (Wildman–Crippen LogP) is 4.93. The molecule has 3 rings (SSSR count). The van der Waals surface area contributed by atoms with E-state index in [-0.39, 0.29) is 11.6 Å². The third-order valence-corrected chi connectivity index (χ3v) is 4.75. The molecule has 2 aromatic carbocycles. The molecule has 1 aromatic heterocycles. The number of rotatable bonds is 5. The molecule has 0 bridgehead atoms. The van der Waals surface area contributed by atoms with Crippen molar-refractivity contribution < 1.29 is 14.1 Å². The van der Waals surface area contributed by atoms with Crippen LogP contribution in [0, 0.1) is 0 Å². The van der Waals surface area contributed by atoms with Crippen LogP contribution >= 0.6 is 23.2 Å². The first-order chi connectivity index (χ1) is 12.5. The molecule has 1 heterocycles. The number of benzene rings is 2. The highest BCUT2D eigenvalue weighted by Gasteiger charge is 2.20. The zero-order valence-corrected chi connectivity index (χ0v) is 15.7. The molecule has 1 amide bonds. The van der Waals surface area contributed by atoms with Crippen LogP contribution in [0.3, 0.4) is 0 Å². The number of ether oxygens (including phenoxy) is 1. The van der Waals surface area contributed by atoms with Crippen molar-refractivity contribution in [3.63, 3.8) is 0 Å². The van der Waals surface area contributed by atoms with Gasteiger partial charge in [0.05, 0.1) is 22.7 Å². The van der Waals surface area contributed by atoms with Crippen molar-refractivity contribution >= 4 is 29.1 Å². The van der Waals surface area contributed by atoms with Gasteiger partial charge in [-0.25, -0.2) is 0 Å². The van der Waals surface area contributed by atoms with Crippen molar-refractivity contribution in [3.05, 3.63) is 69.8 Å². The summed E-state index contributed by atoms with van der Waals surface area (Å²) in [6.45, 7) is 0.301. The molecule has 3 aromatic rings. The Morgan fingerprint density at radius 3 is 2.73 bits per heavy atom. The summed E-state index contributed by atoms with van der Waals surface area (Å²) < 4.78 is 10.6. The Morgan fingerprint density at radius 1 is 1.19 bits per heavy atom. The van der Waals surface area contributed by atoms with E-state index in [0.29, 0.717) is 28.1 Å². The van der Waals surface area contributed by atoms with Crippen molar-refractivity contribution in [1.82, 2.24) is 10.1 Å². The molecule has 5 nitrogen and oxygen atoms in total. The summed E-state index contributed by atoms with van der Waals surface area (Å²) in [5, 5.41) is 4.77. The van der Waals surface area contributed by atoms with Gasteiger partial charge in [0, 0.05) is 19.7 Å². The number of hydrogen-bond acceptors (Lipinski definition) is 4. The average Bonchev–Trinajstić information content (AvgIpc) is 3.14. The Labute approximate surface area is 161 Å². The van der Waals surface area contributed by atoms with Crippen LogP contribution in [0.4, 0.5) is 0 Å². The van der Waals surface area contributed by atoms with Crippen molar-refractivity contribution in [2.45, 2.75) is 6.54 Å². The fourth-order valence-electron chi connectivity index (χ4n) is 2.54. The van der Waals surface area contributed by atoms with Crippen LogP contribution in [0.25, 0.3) is 11.3 Å². The summed E-state index contributed by atoms with van der Waals surface area (Å²) in [4.78, 5) is 14.1. The van der Waals surface area contributed by atoms with E-state index in [1.165, 1.54) is 4.90 Å². The quantitative estimate of drug-likeness (QED) is 0.619. The Hall–Kier alpha value is -2.50. The first-order valence-corrected chi connectivity index (χ1v) is 8.55. The molecule has 0 saturated heterocycles. The maximum atomic E-state index is 12.6.